The van der Waals surface area contributed by atoms with Crippen LogP contribution in [0.4, 0.5) is 5.13 Å². The molecule has 1 amide bonds. The first kappa shape index (κ1) is 20.0. The molecule has 148 valence electrons. The summed E-state index contributed by atoms with van der Waals surface area (Å²) in [4.78, 5) is 21.1. The number of nitrogens with zero attached hydrogens (tertiary/aromatic N) is 4. The van der Waals surface area contributed by atoms with E-state index in [4.69, 9.17) is 14.7 Å². The summed E-state index contributed by atoms with van der Waals surface area (Å²) in [5.74, 6) is 1.28. The van der Waals surface area contributed by atoms with E-state index in [0.29, 0.717) is 36.5 Å². The maximum atomic E-state index is 12.5. The number of anilines is 1. The molecule has 2 aromatic rings. The standard InChI is InChI=1S/C20H24N4O3S/c1-26-18-14-16(15-21)5-6-17(18)27-12-2-4-19(25)23-8-3-9-24(11-10-23)20-22-7-13-28-20/h5-7,13-14H,2-4,8-12H2,1H3. The highest BCUT2D eigenvalue weighted by Crippen LogP contribution is 2.28. The topological polar surface area (TPSA) is 78.7 Å². The van der Waals surface area contributed by atoms with Crippen LogP contribution in [0, 0.1) is 11.3 Å². The molecule has 1 aromatic carbocycles. The molecule has 0 spiro atoms. The van der Waals surface area contributed by atoms with Crippen molar-refractivity contribution >= 4 is 22.4 Å². The van der Waals surface area contributed by atoms with Crippen molar-refractivity contribution in [3.8, 4) is 17.6 Å². The van der Waals surface area contributed by atoms with E-state index in [2.05, 4.69) is 16.0 Å². The maximum Gasteiger partial charge on any atom is 0.222 e. The molecule has 0 bridgehead atoms. The van der Waals surface area contributed by atoms with Crippen LogP contribution >= 0.6 is 11.3 Å². The zero-order chi connectivity index (χ0) is 19.8. The van der Waals surface area contributed by atoms with E-state index in [9.17, 15) is 4.79 Å². The van der Waals surface area contributed by atoms with Gasteiger partial charge in [0.1, 0.15) is 0 Å². The van der Waals surface area contributed by atoms with Crippen LogP contribution in [0.5, 0.6) is 11.5 Å². The van der Waals surface area contributed by atoms with E-state index in [1.54, 1.807) is 36.6 Å². The zero-order valence-corrected chi connectivity index (χ0v) is 16.8. The van der Waals surface area contributed by atoms with Gasteiger partial charge in [0.2, 0.25) is 5.91 Å². The third-order valence-electron chi connectivity index (χ3n) is 4.62. The van der Waals surface area contributed by atoms with Crippen molar-refractivity contribution in [1.29, 1.82) is 5.26 Å². The third-order valence-corrected chi connectivity index (χ3v) is 5.46. The molecule has 2 heterocycles. The van der Waals surface area contributed by atoms with Crippen LogP contribution in [0.3, 0.4) is 0 Å². The Morgan fingerprint density at radius 2 is 2.18 bits per heavy atom. The number of hydrogen-bond acceptors (Lipinski definition) is 7. The molecule has 7 nitrogen and oxygen atoms in total. The summed E-state index contributed by atoms with van der Waals surface area (Å²) in [7, 11) is 1.54. The molecule has 0 aliphatic carbocycles. The van der Waals surface area contributed by atoms with E-state index in [0.717, 1.165) is 37.7 Å². The van der Waals surface area contributed by atoms with Crippen molar-refractivity contribution in [3.05, 3.63) is 35.3 Å². The Labute approximate surface area is 169 Å². The molecule has 1 saturated heterocycles. The van der Waals surface area contributed by atoms with Crippen LogP contribution < -0.4 is 14.4 Å². The Balaban J connectivity index is 1.43. The van der Waals surface area contributed by atoms with Crippen LogP contribution in [0.25, 0.3) is 0 Å². The summed E-state index contributed by atoms with van der Waals surface area (Å²) in [6.45, 7) is 3.68. The van der Waals surface area contributed by atoms with Gasteiger partial charge < -0.3 is 19.3 Å². The average molecular weight is 401 g/mol. The van der Waals surface area contributed by atoms with Gasteiger partial charge in [0, 0.05) is 50.2 Å². The predicted octanol–water partition coefficient (Wildman–Crippen LogP) is 2.92. The number of benzene rings is 1. The maximum absolute atomic E-state index is 12.5. The third kappa shape index (κ3) is 5.14. The van der Waals surface area contributed by atoms with E-state index in [-0.39, 0.29) is 5.91 Å². The second-order valence-electron chi connectivity index (χ2n) is 6.47. The number of rotatable bonds is 7. The van der Waals surface area contributed by atoms with Crippen molar-refractivity contribution in [2.24, 2.45) is 0 Å². The first-order valence-corrected chi connectivity index (χ1v) is 10.2. The minimum atomic E-state index is 0.163. The molecule has 1 aliphatic rings. The van der Waals surface area contributed by atoms with Gasteiger partial charge in [-0.3, -0.25) is 4.79 Å². The number of hydrogen-bond donors (Lipinski definition) is 0. The molecule has 1 fully saturated rings. The normalized spacial score (nSPS) is 14.3. The lowest BCUT2D eigenvalue weighted by Crippen LogP contribution is -2.35. The molecule has 0 radical (unpaired) electrons. The molecule has 1 aliphatic heterocycles. The first-order chi connectivity index (χ1) is 13.7. The van der Waals surface area contributed by atoms with E-state index < -0.39 is 0 Å². The first-order valence-electron chi connectivity index (χ1n) is 9.34. The number of methoxy groups -OCH3 is 1. The minimum absolute atomic E-state index is 0.163. The fraction of sp³-hybridized carbons (Fsp3) is 0.450. The van der Waals surface area contributed by atoms with Crippen LogP contribution in [0.2, 0.25) is 0 Å². The fourth-order valence-corrected chi connectivity index (χ4v) is 3.85. The molecular formula is C20H24N4O3S. The van der Waals surface area contributed by atoms with Crippen molar-refractivity contribution in [2.45, 2.75) is 19.3 Å². The largest absolute Gasteiger partial charge is 0.493 e. The smallest absolute Gasteiger partial charge is 0.222 e. The molecule has 1 aromatic heterocycles. The highest BCUT2D eigenvalue weighted by molar-refractivity contribution is 7.13. The molecule has 0 atom stereocenters. The van der Waals surface area contributed by atoms with Gasteiger partial charge >= 0.3 is 0 Å². The number of aromatic nitrogens is 1. The van der Waals surface area contributed by atoms with Gasteiger partial charge in [-0.05, 0) is 25.0 Å². The number of carbonyl (C=O) groups excluding carboxylic acids is 1. The van der Waals surface area contributed by atoms with Crippen LogP contribution in [-0.4, -0.2) is 55.7 Å². The van der Waals surface area contributed by atoms with Crippen molar-refractivity contribution in [1.82, 2.24) is 9.88 Å². The molecule has 3 rings (SSSR count). The minimum Gasteiger partial charge on any atom is -0.493 e. The number of nitriles is 1. The lowest BCUT2D eigenvalue weighted by Gasteiger charge is -2.21. The number of ether oxygens (including phenoxy) is 2. The van der Waals surface area contributed by atoms with Gasteiger partial charge in [0.25, 0.3) is 0 Å². The Morgan fingerprint density at radius 1 is 1.29 bits per heavy atom. The highest BCUT2D eigenvalue weighted by atomic mass is 32.1. The summed E-state index contributed by atoms with van der Waals surface area (Å²) >= 11 is 1.64. The van der Waals surface area contributed by atoms with E-state index >= 15 is 0 Å². The van der Waals surface area contributed by atoms with Gasteiger partial charge in [-0.2, -0.15) is 5.26 Å². The van der Waals surface area contributed by atoms with Gasteiger partial charge in [-0.15, -0.1) is 11.3 Å². The Hall–Kier alpha value is -2.79. The predicted molar refractivity (Wildman–Crippen MR) is 108 cm³/mol. The molecule has 8 heteroatoms. The molecule has 28 heavy (non-hydrogen) atoms. The molecular weight excluding hydrogens is 376 g/mol. The number of thiazole rings is 1. The fourth-order valence-electron chi connectivity index (χ4n) is 3.15. The quantitative estimate of drug-likeness (QED) is 0.665. The van der Waals surface area contributed by atoms with Crippen LogP contribution in [-0.2, 0) is 4.79 Å². The number of carbonyl (C=O) groups is 1. The van der Waals surface area contributed by atoms with Gasteiger partial charge in [0.15, 0.2) is 16.6 Å². The second kappa shape index (κ2) is 9.95. The molecule has 0 N–H and O–H groups in total. The van der Waals surface area contributed by atoms with Crippen molar-refractivity contribution in [2.75, 3.05) is 44.8 Å². The Morgan fingerprint density at radius 3 is 2.93 bits per heavy atom. The monoisotopic (exact) mass is 400 g/mol. The van der Waals surface area contributed by atoms with Crippen molar-refractivity contribution < 1.29 is 14.3 Å². The van der Waals surface area contributed by atoms with Gasteiger partial charge in [-0.1, -0.05) is 0 Å². The summed E-state index contributed by atoms with van der Waals surface area (Å²) in [5, 5.41) is 11.9. The Bertz CT molecular complexity index is 819. The van der Waals surface area contributed by atoms with Gasteiger partial charge in [-0.25, -0.2) is 4.98 Å². The SMILES string of the molecule is COc1cc(C#N)ccc1OCCCC(=O)N1CCCN(c2nccs2)CC1. The van der Waals surface area contributed by atoms with Crippen LogP contribution in [0.15, 0.2) is 29.8 Å². The van der Waals surface area contributed by atoms with Gasteiger partial charge in [0.05, 0.1) is 25.3 Å². The lowest BCUT2D eigenvalue weighted by atomic mass is 10.2. The van der Waals surface area contributed by atoms with E-state index in [1.807, 2.05) is 16.5 Å². The summed E-state index contributed by atoms with van der Waals surface area (Å²) < 4.78 is 11.0. The lowest BCUT2D eigenvalue weighted by molar-refractivity contribution is -0.131. The average Bonchev–Trinajstić information content (AvgIpc) is 3.15. The van der Waals surface area contributed by atoms with Crippen LogP contribution in [0.1, 0.15) is 24.8 Å². The zero-order valence-electron chi connectivity index (χ0n) is 16.0. The highest BCUT2D eigenvalue weighted by Gasteiger charge is 2.20. The Kier molecular flexibility index (Phi) is 7.09. The second-order valence-corrected chi connectivity index (χ2v) is 7.34. The number of amides is 1. The van der Waals surface area contributed by atoms with E-state index in [1.165, 1.54) is 0 Å². The molecule has 0 saturated carbocycles. The van der Waals surface area contributed by atoms with Crippen molar-refractivity contribution in [3.63, 3.8) is 0 Å². The summed E-state index contributed by atoms with van der Waals surface area (Å²) in [6, 6.07) is 7.13. The summed E-state index contributed by atoms with van der Waals surface area (Å²) in [5.41, 5.74) is 0.521. The summed E-state index contributed by atoms with van der Waals surface area (Å²) in [6.07, 6.45) is 3.85. The molecule has 0 unspecified atom stereocenters.